The van der Waals surface area contributed by atoms with Crippen LogP contribution in [0.25, 0.3) is 0 Å². The van der Waals surface area contributed by atoms with E-state index in [-0.39, 0.29) is 11.3 Å². The molecule has 1 aromatic carbocycles. The number of ketones is 1. The van der Waals surface area contributed by atoms with Gasteiger partial charge in [-0.15, -0.1) is 0 Å². The Morgan fingerprint density at radius 3 is 2.71 bits per heavy atom. The summed E-state index contributed by atoms with van der Waals surface area (Å²) >= 11 is 3.15. The highest BCUT2D eigenvalue weighted by Gasteiger charge is 2.15. The average molecular weight is 294 g/mol. The summed E-state index contributed by atoms with van der Waals surface area (Å²) in [5, 5.41) is 0. The fourth-order valence-electron chi connectivity index (χ4n) is 1.52. The lowest BCUT2D eigenvalue weighted by molar-refractivity contribution is 0.103. The van der Waals surface area contributed by atoms with Gasteiger partial charge in [0.2, 0.25) is 0 Å². The van der Waals surface area contributed by atoms with Crippen molar-refractivity contribution in [1.82, 2.24) is 4.98 Å². The molecule has 2 rings (SSSR count). The first-order chi connectivity index (χ1) is 8.09. The fraction of sp³-hybridized carbons (Fsp3) is 0.0769. The van der Waals surface area contributed by atoms with Gasteiger partial charge >= 0.3 is 0 Å². The van der Waals surface area contributed by atoms with Gasteiger partial charge in [0.1, 0.15) is 5.82 Å². The number of halogens is 2. The molecule has 17 heavy (non-hydrogen) atoms. The normalized spacial score (nSPS) is 10.3. The van der Waals surface area contributed by atoms with Crippen molar-refractivity contribution in [3.05, 3.63) is 63.6 Å². The topological polar surface area (TPSA) is 30.0 Å². The number of hydrogen-bond donors (Lipinski definition) is 0. The van der Waals surface area contributed by atoms with E-state index in [1.54, 1.807) is 25.3 Å². The second-order valence-electron chi connectivity index (χ2n) is 3.64. The van der Waals surface area contributed by atoms with Crippen LogP contribution in [0.5, 0.6) is 0 Å². The molecule has 0 amide bonds. The predicted octanol–water partition coefficient (Wildman–Crippen LogP) is 3.52. The molecule has 0 N–H and O–H groups in total. The molecular weight excluding hydrogens is 285 g/mol. The molecule has 86 valence electrons. The summed E-state index contributed by atoms with van der Waals surface area (Å²) in [5.74, 6) is -0.881. The van der Waals surface area contributed by atoms with Gasteiger partial charge in [-0.05, 0) is 36.8 Å². The molecular formula is C13H9BrFNO. The molecule has 0 fully saturated rings. The largest absolute Gasteiger partial charge is 0.288 e. The molecule has 0 aliphatic carbocycles. The number of aromatic nitrogens is 1. The van der Waals surface area contributed by atoms with E-state index in [0.29, 0.717) is 10.0 Å². The van der Waals surface area contributed by atoms with Gasteiger partial charge in [-0.3, -0.25) is 9.78 Å². The summed E-state index contributed by atoms with van der Waals surface area (Å²) in [7, 11) is 0. The Morgan fingerprint density at radius 1 is 1.29 bits per heavy atom. The Morgan fingerprint density at radius 2 is 2.06 bits per heavy atom. The molecule has 0 aliphatic heterocycles. The molecule has 0 saturated carbocycles. The number of carbonyl (C=O) groups excluding carboxylic acids is 1. The van der Waals surface area contributed by atoms with Crippen molar-refractivity contribution in [2.45, 2.75) is 6.92 Å². The Labute approximate surface area is 107 Å². The fourth-order valence-corrected chi connectivity index (χ4v) is 1.85. The molecule has 1 heterocycles. The highest BCUT2D eigenvalue weighted by Crippen LogP contribution is 2.19. The van der Waals surface area contributed by atoms with Crippen LogP contribution in [0.1, 0.15) is 21.5 Å². The van der Waals surface area contributed by atoms with Crippen molar-refractivity contribution in [3.63, 3.8) is 0 Å². The van der Waals surface area contributed by atoms with Gasteiger partial charge in [0, 0.05) is 22.4 Å². The van der Waals surface area contributed by atoms with Gasteiger partial charge in [0.25, 0.3) is 0 Å². The van der Waals surface area contributed by atoms with Crippen LogP contribution < -0.4 is 0 Å². The predicted molar refractivity (Wildman–Crippen MR) is 66.5 cm³/mol. The Balaban J connectivity index is 2.48. The van der Waals surface area contributed by atoms with Crippen molar-refractivity contribution in [2.75, 3.05) is 0 Å². The van der Waals surface area contributed by atoms with E-state index in [0.717, 1.165) is 5.56 Å². The summed E-state index contributed by atoms with van der Waals surface area (Å²) in [6.45, 7) is 1.80. The van der Waals surface area contributed by atoms with Crippen LogP contribution in [0.15, 0.2) is 41.1 Å². The van der Waals surface area contributed by atoms with Crippen molar-refractivity contribution in [3.8, 4) is 0 Å². The second-order valence-corrected chi connectivity index (χ2v) is 4.56. The zero-order chi connectivity index (χ0) is 12.4. The minimum atomic E-state index is -0.535. The van der Waals surface area contributed by atoms with E-state index in [9.17, 15) is 9.18 Å². The van der Waals surface area contributed by atoms with E-state index in [1.807, 2.05) is 0 Å². The number of carbonyl (C=O) groups is 1. The number of nitrogens with zero attached hydrogens (tertiary/aromatic N) is 1. The maximum Gasteiger partial charge on any atom is 0.197 e. The van der Waals surface area contributed by atoms with Gasteiger partial charge < -0.3 is 0 Å². The van der Waals surface area contributed by atoms with E-state index >= 15 is 0 Å². The lowest BCUT2D eigenvalue weighted by Gasteiger charge is -2.05. The first-order valence-electron chi connectivity index (χ1n) is 5.00. The third-order valence-corrected chi connectivity index (χ3v) is 2.95. The summed E-state index contributed by atoms with van der Waals surface area (Å²) in [4.78, 5) is 16.0. The molecule has 4 heteroatoms. The van der Waals surface area contributed by atoms with Crippen LogP contribution in [-0.4, -0.2) is 10.8 Å². The third-order valence-electron chi connectivity index (χ3n) is 2.46. The monoisotopic (exact) mass is 293 g/mol. The van der Waals surface area contributed by atoms with Crippen molar-refractivity contribution in [1.29, 1.82) is 0 Å². The first kappa shape index (κ1) is 11.9. The molecule has 0 aliphatic rings. The maximum absolute atomic E-state index is 13.6. The summed E-state index contributed by atoms with van der Waals surface area (Å²) in [6.07, 6.45) is 3.06. The van der Waals surface area contributed by atoms with E-state index < -0.39 is 5.82 Å². The van der Waals surface area contributed by atoms with Crippen molar-refractivity contribution < 1.29 is 9.18 Å². The van der Waals surface area contributed by atoms with Crippen molar-refractivity contribution in [2.24, 2.45) is 0 Å². The molecule has 2 aromatic rings. The molecule has 0 bridgehead atoms. The first-order valence-corrected chi connectivity index (χ1v) is 5.79. The smallest absolute Gasteiger partial charge is 0.197 e. The zero-order valence-corrected chi connectivity index (χ0v) is 10.7. The summed E-state index contributed by atoms with van der Waals surface area (Å²) < 4.78 is 14.3. The van der Waals surface area contributed by atoms with E-state index in [4.69, 9.17) is 0 Å². The van der Waals surface area contributed by atoms with Gasteiger partial charge in [0.15, 0.2) is 5.78 Å². The Bertz CT molecular complexity index is 583. The standard InChI is InChI=1S/C13H9BrFNO/c1-8-4-5-16-7-11(8)13(17)10-3-2-9(14)6-12(10)15/h2-7H,1H3. The molecule has 0 saturated heterocycles. The number of hydrogen-bond acceptors (Lipinski definition) is 2. The molecule has 0 radical (unpaired) electrons. The van der Waals surface area contributed by atoms with Crippen LogP contribution >= 0.6 is 15.9 Å². The van der Waals surface area contributed by atoms with Gasteiger partial charge in [0.05, 0.1) is 5.56 Å². The molecule has 0 spiro atoms. The zero-order valence-electron chi connectivity index (χ0n) is 9.08. The van der Waals surface area contributed by atoms with Gasteiger partial charge in [-0.1, -0.05) is 15.9 Å². The Kier molecular flexibility index (Phi) is 3.33. The van der Waals surface area contributed by atoms with Crippen LogP contribution in [0.2, 0.25) is 0 Å². The second kappa shape index (κ2) is 4.75. The van der Waals surface area contributed by atoms with E-state index in [2.05, 4.69) is 20.9 Å². The number of benzene rings is 1. The van der Waals surface area contributed by atoms with Gasteiger partial charge in [-0.25, -0.2) is 4.39 Å². The number of aryl methyl sites for hydroxylation is 1. The quantitative estimate of drug-likeness (QED) is 0.793. The van der Waals surface area contributed by atoms with Crippen molar-refractivity contribution >= 4 is 21.7 Å². The highest BCUT2D eigenvalue weighted by atomic mass is 79.9. The minimum absolute atomic E-state index is 0.0595. The SMILES string of the molecule is Cc1ccncc1C(=O)c1ccc(Br)cc1F. The summed E-state index contributed by atoms with van der Waals surface area (Å²) in [6, 6.07) is 6.11. The number of rotatable bonds is 2. The molecule has 0 atom stereocenters. The highest BCUT2D eigenvalue weighted by molar-refractivity contribution is 9.10. The Hall–Kier alpha value is -1.55. The van der Waals surface area contributed by atoms with Crippen LogP contribution in [-0.2, 0) is 0 Å². The molecule has 2 nitrogen and oxygen atoms in total. The van der Waals surface area contributed by atoms with Crippen LogP contribution in [0, 0.1) is 12.7 Å². The minimum Gasteiger partial charge on any atom is -0.288 e. The van der Waals surface area contributed by atoms with Gasteiger partial charge in [-0.2, -0.15) is 0 Å². The molecule has 0 unspecified atom stereocenters. The lowest BCUT2D eigenvalue weighted by Crippen LogP contribution is -2.06. The van der Waals surface area contributed by atoms with E-state index in [1.165, 1.54) is 18.3 Å². The maximum atomic E-state index is 13.6. The number of pyridine rings is 1. The average Bonchev–Trinajstić information content (AvgIpc) is 2.29. The summed E-state index contributed by atoms with van der Waals surface area (Å²) in [5.41, 5.74) is 1.27. The lowest BCUT2D eigenvalue weighted by atomic mass is 10.0. The third kappa shape index (κ3) is 2.42. The van der Waals surface area contributed by atoms with Crippen LogP contribution in [0.4, 0.5) is 4.39 Å². The van der Waals surface area contributed by atoms with Crippen LogP contribution in [0.3, 0.4) is 0 Å². The molecule has 1 aromatic heterocycles.